The molecule has 3 aromatic rings. The first kappa shape index (κ1) is 22.7. The highest BCUT2D eigenvalue weighted by molar-refractivity contribution is 5.98. The Kier molecular flexibility index (Phi) is 6.00. The van der Waals surface area contributed by atoms with Crippen LogP contribution >= 0.6 is 0 Å². The van der Waals surface area contributed by atoms with E-state index in [2.05, 4.69) is 40.1 Å². The molecule has 178 valence electrons. The van der Waals surface area contributed by atoms with Gasteiger partial charge >= 0.3 is 0 Å². The fourth-order valence-corrected chi connectivity index (χ4v) is 5.22. The lowest BCUT2D eigenvalue weighted by atomic mass is 9.79. The van der Waals surface area contributed by atoms with Gasteiger partial charge in [0.1, 0.15) is 23.2 Å². The number of carbonyl (C=O) groups excluding carboxylic acids is 1. The Balaban J connectivity index is 1.58. The van der Waals surface area contributed by atoms with Crippen LogP contribution in [0.2, 0.25) is 0 Å². The van der Waals surface area contributed by atoms with Crippen LogP contribution in [0.25, 0.3) is 0 Å². The molecule has 1 aromatic heterocycles. The van der Waals surface area contributed by atoms with Gasteiger partial charge in [-0.15, -0.1) is 0 Å². The maximum Gasteiger partial charge on any atom is 0.258 e. The Bertz CT molecular complexity index is 1340. The van der Waals surface area contributed by atoms with Gasteiger partial charge in [0.05, 0.1) is 11.6 Å². The fourth-order valence-electron chi connectivity index (χ4n) is 5.22. The van der Waals surface area contributed by atoms with E-state index >= 15 is 0 Å². The molecule has 2 aliphatic rings. The molecule has 2 N–H and O–H groups in total. The maximum absolute atomic E-state index is 13.5. The second-order valence-electron chi connectivity index (χ2n) is 9.25. The molecule has 0 saturated carbocycles. The summed E-state index contributed by atoms with van der Waals surface area (Å²) in [6, 6.07) is 19.0. The topological polar surface area (TPSA) is 111 Å². The third-order valence-electron chi connectivity index (χ3n) is 6.88. The number of nitrogens with one attached hydrogen (secondary N) is 2. The number of nitrogens with zero attached hydrogens (tertiary/aromatic N) is 3. The molecule has 1 fully saturated rings. The van der Waals surface area contributed by atoms with Gasteiger partial charge in [0.25, 0.3) is 5.56 Å². The molecular formula is C27H27N5O3. The van der Waals surface area contributed by atoms with Gasteiger partial charge in [0.15, 0.2) is 0 Å². The minimum atomic E-state index is -1.07. The molecule has 1 saturated heterocycles. The lowest BCUT2D eigenvalue weighted by Gasteiger charge is -2.40. The van der Waals surface area contributed by atoms with Crippen LogP contribution in [0.3, 0.4) is 0 Å². The molecule has 0 aliphatic carbocycles. The number of nitriles is 1. The van der Waals surface area contributed by atoms with Crippen molar-refractivity contribution in [2.75, 3.05) is 10.2 Å². The van der Waals surface area contributed by atoms with Crippen LogP contribution < -0.4 is 20.5 Å². The number of amides is 1. The van der Waals surface area contributed by atoms with E-state index in [0.29, 0.717) is 23.0 Å². The zero-order valence-corrected chi connectivity index (χ0v) is 19.7. The zero-order chi connectivity index (χ0) is 24.5. The molecule has 2 aromatic carbocycles. The van der Waals surface area contributed by atoms with Gasteiger partial charge in [0.2, 0.25) is 11.9 Å². The van der Waals surface area contributed by atoms with Crippen molar-refractivity contribution in [1.82, 2.24) is 9.97 Å². The molecule has 1 amide bonds. The van der Waals surface area contributed by atoms with Gasteiger partial charge in [-0.05, 0) is 62.9 Å². The highest BCUT2D eigenvalue weighted by atomic mass is 16.5. The van der Waals surface area contributed by atoms with Crippen LogP contribution in [0.15, 0.2) is 59.4 Å². The molecule has 3 heterocycles. The van der Waals surface area contributed by atoms with E-state index in [0.717, 1.165) is 19.3 Å². The number of H-pyrrole nitrogens is 1. The quantitative estimate of drug-likeness (QED) is 0.580. The molecular weight excluding hydrogens is 442 g/mol. The van der Waals surface area contributed by atoms with Gasteiger partial charge in [-0.25, -0.2) is 0 Å². The first-order valence-corrected chi connectivity index (χ1v) is 11.9. The van der Waals surface area contributed by atoms with Gasteiger partial charge in [-0.1, -0.05) is 30.3 Å². The summed E-state index contributed by atoms with van der Waals surface area (Å²) in [6.45, 7) is 4.22. The standard InChI is InChI=1S/C27H27N5O3/c1-16-8-6-9-17(2)32(16)27-30-24-23(26(34)31-27)22(21(15-28)25(33)29-24)18-10-7-13-20(14-18)35-19-11-4-3-5-12-19/h3-5,7,10-14,16-17,21-22H,6,8-9H2,1-2H3,(H2,29,30,31,33,34). The summed E-state index contributed by atoms with van der Waals surface area (Å²) in [7, 11) is 0. The Hall–Kier alpha value is -4.12. The van der Waals surface area contributed by atoms with E-state index in [-0.39, 0.29) is 29.0 Å². The van der Waals surface area contributed by atoms with E-state index < -0.39 is 17.7 Å². The van der Waals surface area contributed by atoms with E-state index in [4.69, 9.17) is 4.74 Å². The number of carbonyl (C=O) groups is 1. The second-order valence-corrected chi connectivity index (χ2v) is 9.25. The predicted octanol–water partition coefficient (Wildman–Crippen LogP) is 4.55. The van der Waals surface area contributed by atoms with Gasteiger partial charge in [-0.2, -0.15) is 10.2 Å². The third-order valence-corrected chi connectivity index (χ3v) is 6.88. The molecule has 35 heavy (non-hydrogen) atoms. The summed E-state index contributed by atoms with van der Waals surface area (Å²) < 4.78 is 5.95. The molecule has 0 radical (unpaired) electrons. The van der Waals surface area contributed by atoms with E-state index in [1.807, 2.05) is 30.3 Å². The number of aromatic nitrogens is 2. The van der Waals surface area contributed by atoms with Crippen molar-refractivity contribution in [1.29, 1.82) is 5.26 Å². The summed E-state index contributed by atoms with van der Waals surface area (Å²) in [4.78, 5) is 36.1. The number of hydrogen-bond acceptors (Lipinski definition) is 6. The lowest BCUT2D eigenvalue weighted by Crippen LogP contribution is -2.46. The Labute approximate surface area is 203 Å². The second kappa shape index (κ2) is 9.26. The zero-order valence-electron chi connectivity index (χ0n) is 19.7. The molecule has 8 heteroatoms. The van der Waals surface area contributed by atoms with Crippen LogP contribution in [-0.4, -0.2) is 28.0 Å². The van der Waals surface area contributed by atoms with Crippen molar-refractivity contribution in [2.24, 2.45) is 5.92 Å². The first-order valence-electron chi connectivity index (χ1n) is 11.9. The normalized spacial score (nSPS) is 23.7. The van der Waals surface area contributed by atoms with Crippen molar-refractivity contribution in [3.8, 4) is 17.6 Å². The van der Waals surface area contributed by atoms with Crippen LogP contribution in [0.1, 0.15) is 50.2 Å². The lowest BCUT2D eigenvalue weighted by molar-refractivity contribution is -0.119. The molecule has 4 unspecified atom stereocenters. The largest absolute Gasteiger partial charge is 0.457 e. The summed E-state index contributed by atoms with van der Waals surface area (Å²) in [5, 5.41) is 12.6. The number of para-hydroxylation sites is 1. The van der Waals surface area contributed by atoms with Gasteiger partial charge in [-0.3, -0.25) is 14.6 Å². The maximum atomic E-state index is 13.5. The number of ether oxygens (including phenoxy) is 1. The number of piperidine rings is 1. The highest BCUT2D eigenvalue weighted by Gasteiger charge is 2.41. The summed E-state index contributed by atoms with van der Waals surface area (Å²) in [6.07, 6.45) is 3.13. The minimum absolute atomic E-state index is 0.213. The van der Waals surface area contributed by atoms with Crippen LogP contribution in [0.4, 0.5) is 11.8 Å². The van der Waals surface area contributed by atoms with E-state index in [9.17, 15) is 14.9 Å². The highest BCUT2D eigenvalue weighted by Crippen LogP contribution is 2.40. The summed E-state index contributed by atoms with van der Waals surface area (Å²) in [5.74, 6) is -0.440. The number of rotatable bonds is 4. The average Bonchev–Trinajstić information content (AvgIpc) is 2.84. The predicted molar refractivity (Wildman–Crippen MR) is 133 cm³/mol. The van der Waals surface area contributed by atoms with E-state index in [1.54, 1.807) is 24.3 Å². The molecule has 0 bridgehead atoms. The molecule has 0 spiro atoms. The minimum Gasteiger partial charge on any atom is -0.457 e. The van der Waals surface area contributed by atoms with Crippen LogP contribution in [0, 0.1) is 17.2 Å². The van der Waals surface area contributed by atoms with Crippen molar-refractivity contribution >= 4 is 17.7 Å². The van der Waals surface area contributed by atoms with Crippen LogP contribution in [-0.2, 0) is 4.79 Å². The smallest absolute Gasteiger partial charge is 0.258 e. The molecule has 5 rings (SSSR count). The van der Waals surface area contributed by atoms with Crippen molar-refractivity contribution < 1.29 is 9.53 Å². The number of aromatic amines is 1. The molecule has 4 atom stereocenters. The molecule has 8 nitrogen and oxygen atoms in total. The Morgan fingerprint density at radius 3 is 2.46 bits per heavy atom. The number of benzene rings is 2. The monoisotopic (exact) mass is 469 g/mol. The summed E-state index contributed by atoms with van der Waals surface area (Å²) in [5.41, 5.74) is 0.574. The number of fused-ring (bicyclic) bond motifs is 1. The number of hydrogen-bond donors (Lipinski definition) is 2. The first-order chi connectivity index (χ1) is 17.0. The molecule has 2 aliphatic heterocycles. The van der Waals surface area contributed by atoms with Crippen LogP contribution in [0.5, 0.6) is 11.5 Å². The van der Waals surface area contributed by atoms with E-state index in [1.165, 1.54) is 0 Å². The van der Waals surface area contributed by atoms with Crippen molar-refractivity contribution in [3.63, 3.8) is 0 Å². The fraction of sp³-hybridized carbons (Fsp3) is 0.333. The SMILES string of the molecule is CC1CCCC(C)N1c1nc2c(c(=O)[nH]1)C(c1cccc(Oc3ccccc3)c1)C(C#N)C(=O)N2. The average molecular weight is 470 g/mol. The Morgan fingerprint density at radius 2 is 1.74 bits per heavy atom. The van der Waals surface area contributed by atoms with Gasteiger partial charge < -0.3 is 15.0 Å². The Morgan fingerprint density at radius 1 is 1.03 bits per heavy atom. The van der Waals surface area contributed by atoms with Crippen molar-refractivity contribution in [2.45, 2.75) is 51.1 Å². The number of anilines is 2. The van der Waals surface area contributed by atoms with Crippen molar-refractivity contribution in [3.05, 3.63) is 76.1 Å². The third kappa shape index (κ3) is 4.26. The summed E-state index contributed by atoms with van der Waals surface area (Å²) >= 11 is 0. The van der Waals surface area contributed by atoms with Gasteiger partial charge in [0, 0.05) is 18.0 Å².